The van der Waals surface area contributed by atoms with Gasteiger partial charge in [-0.1, -0.05) is 84.4 Å². The highest BCUT2D eigenvalue weighted by Gasteiger charge is 2.25. The Labute approximate surface area is 206 Å². The molecule has 0 aliphatic heterocycles. The van der Waals surface area contributed by atoms with Gasteiger partial charge in [-0.2, -0.15) is 0 Å². The Morgan fingerprint density at radius 1 is 0.771 bits per heavy atom. The SMILES string of the molecule is O=C(Oc1ccc2c(=O)c(Oc3ccccc3Cl)coc2c1)C(c1ccccc1)c1ccccc1. The summed E-state index contributed by atoms with van der Waals surface area (Å²) in [6.07, 6.45) is 1.22. The average Bonchev–Trinajstić information content (AvgIpc) is 2.88. The van der Waals surface area contributed by atoms with Crippen molar-refractivity contribution in [2.24, 2.45) is 0 Å². The maximum Gasteiger partial charge on any atom is 0.323 e. The molecule has 5 aromatic rings. The first-order valence-corrected chi connectivity index (χ1v) is 11.3. The molecule has 5 nitrogen and oxygen atoms in total. The van der Waals surface area contributed by atoms with Crippen LogP contribution in [0.15, 0.2) is 119 Å². The molecule has 0 saturated carbocycles. The van der Waals surface area contributed by atoms with E-state index in [9.17, 15) is 9.59 Å². The molecule has 0 saturated heterocycles. The van der Waals surface area contributed by atoms with E-state index in [4.69, 9.17) is 25.5 Å². The monoisotopic (exact) mass is 482 g/mol. The van der Waals surface area contributed by atoms with Crippen molar-refractivity contribution in [1.82, 2.24) is 0 Å². The van der Waals surface area contributed by atoms with E-state index in [0.29, 0.717) is 10.8 Å². The largest absolute Gasteiger partial charge is 0.460 e. The van der Waals surface area contributed by atoms with Crippen molar-refractivity contribution >= 4 is 28.5 Å². The fourth-order valence-electron chi connectivity index (χ4n) is 3.80. The van der Waals surface area contributed by atoms with Crippen LogP contribution in [0.2, 0.25) is 5.02 Å². The van der Waals surface area contributed by atoms with Crippen molar-refractivity contribution in [3.05, 3.63) is 136 Å². The summed E-state index contributed by atoms with van der Waals surface area (Å²) in [6.45, 7) is 0. The number of para-hydroxylation sites is 1. The zero-order chi connectivity index (χ0) is 24.2. The van der Waals surface area contributed by atoms with Crippen LogP contribution in [-0.2, 0) is 4.79 Å². The molecule has 172 valence electrons. The molecular formula is C29H19ClO5. The summed E-state index contributed by atoms with van der Waals surface area (Å²) < 4.78 is 17.0. The Morgan fingerprint density at radius 2 is 1.40 bits per heavy atom. The number of hydrogen-bond donors (Lipinski definition) is 0. The molecule has 0 unspecified atom stereocenters. The minimum atomic E-state index is -0.605. The Balaban J connectivity index is 1.43. The molecule has 0 aliphatic carbocycles. The summed E-state index contributed by atoms with van der Waals surface area (Å²) in [5.74, 6) is -0.431. The fraction of sp³-hybridized carbons (Fsp3) is 0.0345. The second-order valence-corrected chi connectivity index (χ2v) is 8.20. The summed E-state index contributed by atoms with van der Waals surface area (Å²) in [7, 11) is 0. The quantitative estimate of drug-likeness (QED) is 0.193. The van der Waals surface area contributed by atoms with Gasteiger partial charge in [0.25, 0.3) is 0 Å². The molecule has 0 amide bonds. The first-order valence-electron chi connectivity index (χ1n) is 10.9. The summed E-state index contributed by atoms with van der Waals surface area (Å²) in [5, 5.41) is 0.665. The van der Waals surface area contributed by atoms with E-state index in [2.05, 4.69) is 0 Å². The molecule has 35 heavy (non-hydrogen) atoms. The third kappa shape index (κ3) is 4.81. The number of esters is 1. The van der Waals surface area contributed by atoms with Crippen molar-refractivity contribution in [2.45, 2.75) is 5.92 Å². The maximum atomic E-state index is 13.3. The van der Waals surface area contributed by atoms with Gasteiger partial charge >= 0.3 is 5.97 Å². The molecule has 4 aromatic carbocycles. The lowest BCUT2D eigenvalue weighted by Gasteiger charge is -2.17. The number of fused-ring (bicyclic) bond motifs is 1. The van der Waals surface area contributed by atoms with Crippen molar-refractivity contribution in [1.29, 1.82) is 0 Å². The van der Waals surface area contributed by atoms with E-state index >= 15 is 0 Å². The zero-order valence-electron chi connectivity index (χ0n) is 18.4. The fourth-order valence-corrected chi connectivity index (χ4v) is 3.98. The predicted octanol–water partition coefficient (Wildman–Crippen LogP) is 6.98. The van der Waals surface area contributed by atoms with Gasteiger partial charge in [-0.25, -0.2) is 0 Å². The van der Waals surface area contributed by atoms with Crippen molar-refractivity contribution in [2.75, 3.05) is 0 Å². The van der Waals surface area contributed by atoms with Gasteiger partial charge in [0.2, 0.25) is 11.2 Å². The third-order valence-corrected chi connectivity index (χ3v) is 5.80. The number of hydrogen-bond acceptors (Lipinski definition) is 5. The van der Waals surface area contributed by atoms with E-state index in [1.807, 2.05) is 60.7 Å². The highest BCUT2D eigenvalue weighted by atomic mass is 35.5. The van der Waals surface area contributed by atoms with Crippen molar-refractivity contribution in [3.63, 3.8) is 0 Å². The van der Waals surface area contributed by atoms with Crippen LogP contribution in [0.5, 0.6) is 17.2 Å². The molecule has 0 spiro atoms. The third-order valence-electron chi connectivity index (χ3n) is 5.49. The van der Waals surface area contributed by atoms with Crippen LogP contribution >= 0.6 is 11.6 Å². The molecule has 1 aromatic heterocycles. The van der Waals surface area contributed by atoms with E-state index in [1.165, 1.54) is 12.3 Å². The van der Waals surface area contributed by atoms with Crippen LogP contribution in [0, 0.1) is 0 Å². The topological polar surface area (TPSA) is 65.7 Å². The van der Waals surface area contributed by atoms with Gasteiger partial charge < -0.3 is 13.9 Å². The van der Waals surface area contributed by atoms with Crippen molar-refractivity contribution in [3.8, 4) is 17.2 Å². The van der Waals surface area contributed by atoms with E-state index < -0.39 is 11.9 Å². The number of halogens is 1. The van der Waals surface area contributed by atoms with Crippen LogP contribution in [0.1, 0.15) is 17.0 Å². The standard InChI is InChI=1S/C29H19ClO5/c30-23-13-7-8-14-24(23)35-26-18-33-25-17-21(15-16-22(25)28(26)31)34-29(32)27(19-9-3-1-4-10-19)20-11-5-2-6-12-20/h1-18,27H. The predicted molar refractivity (Wildman–Crippen MR) is 134 cm³/mol. The molecule has 0 bridgehead atoms. The van der Waals surface area contributed by atoms with Gasteiger partial charge in [-0.05, 0) is 35.4 Å². The maximum absolute atomic E-state index is 13.3. The van der Waals surface area contributed by atoms with Crippen LogP contribution in [0.25, 0.3) is 11.0 Å². The summed E-state index contributed by atoms with van der Waals surface area (Å²) in [4.78, 5) is 26.2. The number of rotatable bonds is 6. The van der Waals surface area contributed by atoms with Gasteiger partial charge in [0, 0.05) is 6.07 Å². The lowest BCUT2D eigenvalue weighted by molar-refractivity contribution is -0.135. The molecule has 0 radical (unpaired) electrons. The number of benzene rings is 4. The Morgan fingerprint density at radius 3 is 2.06 bits per heavy atom. The molecule has 1 heterocycles. The van der Waals surface area contributed by atoms with Crippen LogP contribution < -0.4 is 14.9 Å². The highest BCUT2D eigenvalue weighted by Crippen LogP contribution is 2.30. The van der Waals surface area contributed by atoms with Crippen LogP contribution in [0.3, 0.4) is 0 Å². The Bertz CT molecular complexity index is 1510. The lowest BCUT2D eigenvalue weighted by Crippen LogP contribution is -2.20. The Hall–Kier alpha value is -4.35. The van der Waals surface area contributed by atoms with Crippen LogP contribution in [-0.4, -0.2) is 5.97 Å². The van der Waals surface area contributed by atoms with Gasteiger partial charge in [0.15, 0.2) is 0 Å². The van der Waals surface area contributed by atoms with E-state index in [-0.39, 0.29) is 27.9 Å². The molecule has 0 aliphatic rings. The van der Waals surface area contributed by atoms with Gasteiger partial charge in [0.05, 0.1) is 10.4 Å². The average molecular weight is 483 g/mol. The lowest BCUT2D eigenvalue weighted by atomic mass is 9.91. The second-order valence-electron chi connectivity index (χ2n) is 7.80. The molecule has 5 rings (SSSR count). The molecule has 0 N–H and O–H groups in total. The van der Waals surface area contributed by atoms with E-state index in [1.54, 1.807) is 36.4 Å². The first-order chi connectivity index (χ1) is 17.1. The summed E-state index contributed by atoms with van der Waals surface area (Å²) in [5.41, 5.74) is 1.54. The normalized spacial score (nSPS) is 10.9. The zero-order valence-corrected chi connectivity index (χ0v) is 19.1. The van der Waals surface area contributed by atoms with Gasteiger partial charge in [0.1, 0.15) is 29.3 Å². The summed E-state index contributed by atoms with van der Waals surface area (Å²) >= 11 is 6.12. The molecule has 0 fully saturated rings. The summed E-state index contributed by atoms with van der Waals surface area (Å²) in [6, 6.07) is 30.3. The minimum absolute atomic E-state index is 0.00330. The smallest absolute Gasteiger partial charge is 0.323 e. The minimum Gasteiger partial charge on any atom is -0.460 e. The number of ether oxygens (including phenoxy) is 2. The second kappa shape index (κ2) is 9.87. The van der Waals surface area contributed by atoms with Gasteiger partial charge in [-0.15, -0.1) is 0 Å². The van der Waals surface area contributed by atoms with Crippen LogP contribution in [0.4, 0.5) is 0 Å². The molecule has 0 atom stereocenters. The van der Waals surface area contributed by atoms with Gasteiger partial charge in [-0.3, -0.25) is 9.59 Å². The Kier molecular flexibility index (Phi) is 6.33. The number of carbonyl (C=O) groups excluding carboxylic acids is 1. The van der Waals surface area contributed by atoms with Crippen molar-refractivity contribution < 1.29 is 18.7 Å². The van der Waals surface area contributed by atoms with E-state index in [0.717, 1.165) is 11.1 Å². The molecule has 6 heteroatoms. The molecular weight excluding hydrogens is 464 g/mol. The number of carbonyl (C=O) groups is 1. The first kappa shape index (κ1) is 22.4. The highest BCUT2D eigenvalue weighted by molar-refractivity contribution is 6.32.